The summed E-state index contributed by atoms with van der Waals surface area (Å²) in [6.45, 7) is 21.1. The molecule has 1 rings (SSSR count). The van der Waals surface area contributed by atoms with E-state index in [1.165, 1.54) is 5.57 Å². The summed E-state index contributed by atoms with van der Waals surface area (Å²) in [7, 11) is -1.80. The molecule has 2 nitrogen and oxygen atoms in total. The van der Waals surface area contributed by atoms with Gasteiger partial charge in [-0.3, -0.25) is 0 Å². The van der Waals surface area contributed by atoms with Gasteiger partial charge in [0.1, 0.15) is 5.60 Å². The van der Waals surface area contributed by atoms with Gasteiger partial charge in [0.05, 0.1) is 12.7 Å². The van der Waals surface area contributed by atoms with E-state index in [4.69, 9.17) is 9.16 Å². The monoisotopic (exact) mass is 298 g/mol. The summed E-state index contributed by atoms with van der Waals surface area (Å²) < 4.78 is 12.8. The van der Waals surface area contributed by atoms with Crippen LogP contribution < -0.4 is 0 Å². The topological polar surface area (TPSA) is 18.5 Å². The van der Waals surface area contributed by atoms with Crippen LogP contribution in [0.1, 0.15) is 62.3 Å². The quantitative estimate of drug-likeness (QED) is 0.489. The molecule has 2 atom stereocenters. The number of ether oxygens (including phenoxy) is 1. The Morgan fingerprint density at radius 2 is 1.60 bits per heavy atom. The van der Waals surface area contributed by atoms with E-state index in [1.54, 1.807) is 0 Å². The van der Waals surface area contributed by atoms with E-state index in [0.29, 0.717) is 23.2 Å². The fourth-order valence-corrected chi connectivity index (χ4v) is 9.51. The lowest BCUT2D eigenvalue weighted by atomic mass is 10.1. The van der Waals surface area contributed by atoms with Crippen LogP contribution >= 0.6 is 0 Å². The van der Waals surface area contributed by atoms with Gasteiger partial charge in [-0.1, -0.05) is 41.5 Å². The zero-order chi connectivity index (χ0) is 15.7. The molecular weight excluding hydrogens is 264 g/mol. The molecule has 0 saturated heterocycles. The van der Waals surface area contributed by atoms with Crippen molar-refractivity contribution in [3.05, 3.63) is 11.6 Å². The minimum Gasteiger partial charge on any atom is -0.413 e. The van der Waals surface area contributed by atoms with Crippen molar-refractivity contribution in [3.63, 3.8) is 0 Å². The molecule has 0 aromatic rings. The van der Waals surface area contributed by atoms with Crippen molar-refractivity contribution < 1.29 is 9.16 Å². The van der Waals surface area contributed by atoms with E-state index in [9.17, 15) is 0 Å². The Morgan fingerprint density at radius 1 is 1.15 bits per heavy atom. The standard InChI is InChI=1S/C17H34O2Si/c1-12(2)20(13(3)4,14(5)6)18-11-17(9)10-15(7)16(8)19-17/h10,12-14,16H,11H2,1-9H3. The molecular formula is C17H34O2Si. The van der Waals surface area contributed by atoms with E-state index < -0.39 is 8.32 Å². The molecule has 0 bridgehead atoms. The third-order valence-corrected chi connectivity index (χ3v) is 11.0. The van der Waals surface area contributed by atoms with Gasteiger partial charge in [0, 0.05) is 0 Å². The third-order valence-electron chi connectivity index (χ3n) is 4.94. The van der Waals surface area contributed by atoms with E-state index in [-0.39, 0.29) is 11.7 Å². The predicted molar refractivity (Wildman–Crippen MR) is 89.7 cm³/mol. The molecule has 0 radical (unpaired) electrons. The van der Waals surface area contributed by atoms with Gasteiger partial charge in [0.25, 0.3) is 0 Å². The third kappa shape index (κ3) is 3.37. The lowest BCUT2D eigenvalue weighted by Crippen LogP contribution is -2.50. The van der Waals surface area contributed by atoms with Crippen LogP contribution in [0.4, 0.5) is 0 Å². The first-order valence-corrected chi connectivity index (χ1v) is 10.2. The Bertz CT molecular complexity index is 338. The first kappa shape index (κ1) is 17.9. The van der Waals surface area contributed by atoms with Crippen LogP contribution in [0.2, 0.25) is 16.6 Å². The van der Waals surface area contributed by atoms with Gasteiger partial charge in [-0.15, -0.1) is 0 Å². The van der Waals surface area contributed by atoms with E-state index in [2.05, 4.69) is 68.4 Å². The van der Waals surface area contributed by atoms with E-state index in [0.717, 1.165) is 0 Å². The first-order chi connectivity index (χ1) is 9.05. The maximum Gasteiger partial charge on any atom is 0.200 e. The maximum absolute atomic E-state index is 6.67. The van der Waals surface area contributed by atoms with Crippen molar-refractivity contribution >= 4 is 8.32 Å². The molecule has 0 aromatic carbocycles. The van der Waals surface area contributed by atoms with Crippen LogP contribution in [-0.4, -0.2) is 26.6 Å². The van der Waals surface area contributed by atoms with Gasteiger partial charge in [-0.2, -0.15) is 0 Å². The molecule has 0 N–H and O–H groups in total. The summed E-state index contributed by atoms with van der Waals surface area (Å²) in [5.41, 5.74) is 2.93. The highest BCUT2D eigenvalue weighted by Crippen LogP contribution is 2.43. The van der Waals surface area contributed by atoms with Crippen molar-refractivity contribution in [2.45, 2.75) is 90.6 Å². The average Bonchev–Trinajstić information content (AvgIpc) is 2.52. The van der Waals surface area contributed by atoms with Gasteiger partial charge in [-0.05, 0) is 49.0 Å². The molecule has 3 heteroatoms. The highest BCUT2D eigenvalue weighted by Gasteiger charge is 2.46. The molecule has 1 heterocycles. The molecule has 0 aromatic heterocycles. The summed E-state index contributed by atoms with van der Waals surface area (Å²) >= 11 is 0. The molecule has 0 amide bonds. The minimum atomic E-state index is -1.80. The van der Waals surface area contributed by atoms with E-state index in [1.807, 2.05) is 0 Å². The number of hydrogen-bond donors (Lipinski definition) is 0. The molecule has 118 valence electrons. The van der Waals surface area contributed by atoms with Crippen LogP contribution in [0, 0.1) is 0 Å². The smallest absolute Gasteiger partial charge is 0.200 e. The molecule has 0 aliphatic carbocycles. The predicted octanol–water partition coefficient (Wildman–Crippen LogP) is 5.30. The SMILES string of the molecule is CC1=CC(C)(CO[Si](C(C)C)(C(C)C)C(C)C)OC1C. The second-order valence-corrected chi connectivity index (χ2v) is 13.0. The lowest BCUT2D eigenvalue weighted by molar-refractivity contribution is -0.0370. The van der Waals surface area contributed by atoms with Gasteiger partial charge >= 0.3 is 0 Å². The number of hydrogen-bond acceptors (Lipinski definition) is 2. The van der Waals surface area contributed by atoms with Gasteiger partial charge in [0.2, 0.25) is 0 Å². The highest BCUT2D eigenvalue weighted by atomic mass is 28.4. The minimum absolute atomic E-state index is 0.219. The van der Waals surface area contributed by atoms with Crippen LogP contribution in [-0.2, 0) is 9.16 Å². The van der Waals surface area contributed by atoms with Crippen LogP contribution in [0.25, 0.3) is 0 Å². The summed E-state index contributed by atoms with van der Waals surface area (Å²) in [5, 5.41) is 0. The molecule has 2 unspecified atom stereocenters. The van der Waals surface area contributed by atoms with Crippen molar-refractivity contribution in [3.8, 4) is 0 Å². The molecule has 0 saturated carbocycles. The largest absolute Gasteiger partial charge is 0.413 e. The second-order valence-electron chi connectivity index (χ2n) is 7.57. The molecule has 0 fully saturated rings. The Labute approximate surface area is 127 Å². The van der Waals surface area contributed by atoms with Crippen LogP contribution in [0.15, 0.2) is 11.6 Å². The van der Waals surface area contributed by atoms with Crippen molar-refractivity contribution in [1.29, 1.82) is 0 Å². The summed E-state index contributed by atoms with van der Waals surface area (Å²) in [5.74, 6) is 0. The van der Waals surface area contributed by atoms with Crippen molar-refractivity contribution in [1.82, 2.24) is 0 Å². The summed E-state index contributed by atoms with van der Waals surface area (Å²) in [4.78, 5) is 0. The molecule has 20 heavy (non-hydrogen) atoms. The second kappa shape index (κ2) is 6.33. The number of rotatable bonds is 6. The van der Waals surface area contributed by atoms with Crippen molar-refractivity contribution in [2.75, 3.05) is 6.61 Å². The Kier molecular flexibility index (Phi) is 5.67. The molecule has 1 aliphatic rings. The van der Waals surface area contributed by atoms with Gasteiger partial charge < -0.3 is 9.16 Å². The summed E-state index contributed by atoms with van der Waals surface area (Å²) in [6.07, 6.45) is 2.47. The zero-order valence-electron chi connectivity index (χ0n) is 14.9. The zero-order valence-corrected chi connectivity index (χ0v) is 15.9. The van der Waals surface area contributed by atoms with Crippen molar-refractivity contribution in [2.24, 2.45) is 0 Å². The molecule has 1 aliphatic heterocycles. The highest BCUT2D eigenvalue weighted by molar-refractivity contribution is 6.77. The van der Waals surface area contributed by atoms with Crippen LogP contribution in [0.3, 0.4) is 0 Å². The maximum atomic E-state index is 6.67. The van der Waals surface area contributed by atoms with Gasteiger partial charge in [-0.25, -0.2) is 0 Å². The Morgan fingerprint density at radius 3 is 1.90 bits per heavy atom. The fraction of sp³-hybridized carbons (Fsp3) is 0.882. The summed E-state index contributed by atoms with van der Waals surface area (Å²) in [6, 6.07) is 0. The average molecular weight is 299 g/mol. The lowest BCUT2D eigenvalue weighted by Gasteiger charge is -2.43. The Balaban J connectivity index is 2.88. The van der Waals surface area contributed by atoms with Gasteiger partial charge in [0.15, 0.2) is 8.32 Å². The van der Waals surface area contributed by atoms with E-state index >= 15 is 0 Å². The molecule has 0 spiro atoms. The fourth-order valence-electron chi connectivity index (χ4n) is 3.97. The normalized spacial score (nSPS) is 27.8. The Hall–Kier alpha value is -0.123. The first-order valence-electron chi connectivity index (χ1n) is 8.06. The van der Waals surface area contributed by atoms with Crippen LogP contribution in [0.5, 0.6) is 0 Å².